The molecule has 0 amide bonds. The standard InChI is InChI=1S/C6H11NPS2/c1-3-6-4-5-7(2)8(9)10-6/h3,6H,1,4-5H2,2H3/q+1. The van der Waals surface area contributed by atoms with Crippen molar-refractivity contribution in [2.45, 2.75) is 11.7 Å². The predicted molar refractivity (Wildman–Crippen MR) is 53.1 cm³/mol. The van der Waals surface area contributed by atoms with Crippen LogP contribution >= 0.6 is 17.4 Å². The summed E-state index contributed by atoms with van der Waals surface area (Å²) in [5.41, 5.74) is 0. The van der Waals surface area contributed by atoms with Gasteiger partial charge in [0.25, 0.3) is 0 Å². The van der Waals surface area contributed by atoms with E-state index in [-0.39, 0.29) is 6.05 Å². The van der Waals surface area contributed by atoms with E-state index in [2.05, 4.69) is 18.3 Å². The van der Waals surface area contributed by atoms with Gasteiger partial charge in [-0.3, -0.25) is 0 Å². The van der Waals surface area contributed by atoms with E-state index in [1.165, 1.54) is 6.42 Å². The molecular formula is C6H11NPS2+. The topological polar surface area (TPSA) is 3.24 Å². The van der Waals surface area contributed by atoms with Crippen LogP contribution in [0.2, 0.25) is 0 Å². The molecule has 0 bridgehead atoms. The largest absolute Gasteiger partial charge is 0.341 e. The number of nitrogens with zero attached hydrogens (tertiary/aromatic N) is 1. The summed E-state index contributed by atoms with van der Waals surface area (Å²) >= 11 is 7.14. The summed E-state index contributed by atoms with van der Waals surface area (Å²) in [5.74, 6) is 0. The van der Waals surface area contributed by atoms with Gasteiger partial charge in [0.05, 0.1) is 5.25 Å². The Morgan fingerprint density at radius 3 is 3.10 bits per heavy atom. The third-order valence-electron chi connectivity index (χ3n) is 1.50. The van der Waals surface area contributed by atoms with Gasteiger partial charge in [0.2, 0.25) is 0 Å². The highest BCUT2D eigenvalue weighted by atomic mass is 32.9. The van der Waals surface area contributed by atoms with E-state index in [1.54, 1.807) is 0 Å². The summed E-state index contributed by atoms with van der Waals surface area (Å²) in [6, 6.07) is -0.336. The molecule has 0 saturated carbocycles. The van der Waals surface area contributed by atoms with E-state index in [4.69, 9.17) is 11.8 Å². The Hall–Kier alpha value is 0.570. The second-order valence-corrected chi connectivity index (χ2v) is 7.66. The van der Waals surface area contributed by atoms with Crippen molar-refractivity contribution in [3.05, 3.63) is 12.7 Å². The van der Waals surface area contributed by atoms with E-state index >= 15 is 0 Å². The molecule has 1 aliphatic rings. The van der Waals surface area contributed by atoms with Gasteiger partial charge in [-0.2, -0.15) is 0 Å². The van der Waals surface area contributed by atoms with Crippen LogP contribution in [0.5, 0.6) is 0 Å². The zero-order valence-corrected chi connectivity index (χ0v) is 8.51. The van der Waals surface area contributed by atoms with Gasteiger partial charge in [-0.05, 0) is 6.42 Å². The SMILES string of the molecule is C=CC1CCN(C)[P+](=S)S1. The molecule has 0 aromatic carbocycles. The van der Waals surface area contributed by atoms with Gasteiger partial charge in [-0.25, -0.2) is 0 Å². The molecule has 1 aliphatic heterocycles. The molecule has 0 aromatic rings. The van der Waals surface area contributed by atoms with Crippen LogP contribution in [0.3, 0.4) is 0 Å². The van der Waals surface area contributed by atoms with Gasteiger partial charge in [0, 0.05) is 13.6 Å². The highest BCUT2D eigenvalue weighted by Gasteiger charge is 2.30. The summed E-state index contributed by atoms with van der Waals surface area (Å²) in [6.07, 6.45) is 3.22. The van der Waals surface area contributed by atoms with Crippen molar-refractivity contribution in [3.63, 3.8) is 0 Å². The highest BCUT2D eigenvalue weighted by molar-refractivity contribution is 8.63. The van der Waals surface area contributed by atoms with Crippen LogP contribution in [-0.2, 0) is 11.8 Å². The normalized spacial score (nSPS) is 32.1. The van der Waals surface area contributed by atoms with Gasteiger partial charge < -0.3 is 0 Å². The average Bonchev–Trinajstić information content (AvgIpc) is 1.95. The van der Waals surface area contributed by atoms with Crippen molar-refractivity contribution >= 4 is 29.2 Å². The van der Waals surface area contributed by atoms with Crippen molar-refractivity contribution in [1.29, 1.82) is 0 Å². The Labute approximate surface area is 72.1 Å². The molecule has 56 valence electrons. The fourth-order valence-electron chi connectivity index (χ4n) is 0.806. The lowest BCUT2D eigenvalue weighted by atomic mass is 10.3. The minimum atomic E-state index is -0.336. The minimum Gasteiger partial charge on any atom is -0.113 e. The molecular weight excluding hydrogens is 181 g/mol. The fourth-order valence-corrected chi connectivity index (χ4v) is 5.01. The van der Waals surface area contributed by atoms with Crippen molar-refractivity contribution in [2.75, 3.05) is 13.6 Å². The van der Waals surface area contributed by atoms with Crippen LogP contribution in [0.4, 0.5) is 0 Å². The summed E-state index contributed by atoms with van der Waals surface area (Å²) in [7, 11) is 2.10. The quantitative estimate of drug-likeness (QED) is 0.464. The van der Waals surface area contributed by atoms with Gasteiger partial charge in [-0.1, -0.05) is 6.08 Å². The Kier molecular flexibility index (Phi) is 3.31. The third kappa shape index (κ3) is 2.03. The molecule has 2 unspecified atom stereocenters. The van der Waals surface area contributed by atoms with Gasteiger partial charge in [-0.15, -0.1) is 11.2 Å². The van der Waals surface area contributed by atoms with Crippen LogP contribution < -0.4 is 0 Å². The second-order valence-electron chi connectivity index (χ2n) is 2.29. The maximum atomic E-state index is 5.26. The average molecular weight is 192 g/mol. The van der Waals surface area contributed by atoms with Crippen LogP contribution in [0.25, 0.3) is 0 Å². The predicted octanol–water partition coefficient (Wildman–Crippen LogP) is 2.38. The van der Waals surface area contributed by atoms with Crippen LogP contribution in [0.15, 0.2) is 12.7 Å². The molecule has 1 heterocycles. The lowest BCUT2D eigenvalue weighted by Crippen LogP contribution is -2.19. The molecule has 2 atom stereocenters. The smallest absolute Gasteiger partial charge is 0.113 e. The van der Waals surface area contributed by atoms with Crippen molar-refractivity contribution < 1.29 is 0 Å². The summed E-state index contributed by atoms with van der Waals surface area (Å²) in [4.78, 5) is 0. The summed E-state index contributed by atoms with van der Waals surface area (Å²) < 4.78 is 2.26. The summed E-state index contributed by atoms with van der Waals surface area (Å²) in [6.45, 7) is 4.91. The maximum Gasteiger partial charge on any atom is 0.341 e. The molecule has 0 radical (unpaired) electrons. The number of rotatable bonds is 1. The molecule has 10 heavy (non-hydrogen) atoms. The van der Waals surface area contributed by atoms with E-state index in [1.807, 2.05) is 17.5 Å². The number of hydrogen-bond donors (Lipinski definition) is 0. The molecule has 1 rings (SSSR count). The Morgan fingerprint density at radius 1 is 1.90 bits per heavy atom. The summed E-state index contributed by atoms with van der Waals surface area (Å²) in [5, 5.41) is 0.611. The molecule has 1 nitrogen and oxygen atoms in total. The van der Waals surface area contributed by atoms with Crippen molar-refractivity contribution in [3.8, 4) is 0 Å². The lowest BCUT2D eigenvalue weighted by molar-refractivity contribution is 0.539. The molecule has 0 aliphatic carbocycles. The number of hydrogen-bond acceptors (Lipinski definition) is 2. The van der Waals surface area contributed by atoms with Gasteiger partial charge in [0.1, 0.15) is 11.4 Å². The molecule has 0 spiro atoms. The first kappa shape index (κ1) is 8.66. The van der Waals surface area contributed by atoms with Gasteiger partial charge >= 0.3 is 6.05 Å². The first-order valence-corrected chi connectivity index (χ1v) is 7.01. The maximum absolute atomic E-state index is 5.26. The molecule has 0 aromatic heterocycles. The Balaban J connectivity index is 2.48. The fraction of sp³-hybridized carbons (Fsp3) is 0.667. The monoisotopic (exact) mass is 192 g/mol. The van der Waals surface area contributed by atoms with E-state index < -0.39 is 0 Å². The van der Waals surface area contributed by atoms with Crippen LogP contribution in [-0.4, -0.2) is 23.5 Å². The van der Waals surface area contributed by atoms with E-state index in [9.17, 15) is 0 Å². The van der Waals surface area contributed by atoms with Crippen LogP contribution in [0.1, 0.15) is 6.42 Å². The van der Waals surface area contributed by atoms with Crippen molar-refractivity contribution in [2.24, 2.45) is 0 Å². The highest BCUT2D eigenvalue weighted by Crippen LogP contribution is 2.48. The lowest BCUT2D eigenvalue weighted by Gasteiger charge is -2.16. The Morgan fingerprint density at radius 2 is 2.60 bits per heavy atom. The second kappa shape index (κ2) is 3.82. The van der Waals surface area contributed by atoms with Crippen molar-refractivity contribution in [1.82, 2.24) is 4.67 Å². The van der Waals surface area contributed by atoms with E-state index in [0.717, 1.165) is 6.54 Å². The molecule has 4 heteroatoms. The minimum absolute atomic E-state index is 0.336. The van der Waals surface area contributed by atoms with Gasteiger partial charge in [0.15, 0.2) is 11.8 Å². The zero-order valence-electron chi connectivity index (χ0n) is 5.99. The van der Waals surface area contributed by atoms with E-state index in [0.29, 0.717) is 5.25 Å². The molecule has 0 N–H and O–H groups in total. The zero-order chi connectivity index (χ0) is 7.56. The molecule has 1 fully saturated rings. The molecule has 1 saturated heterocycles. The third-order valence-corrected chi connectivity index (χ3v) is 6.94. The Bertz CT molecular complexity index is 160. The first-order chi connectivity index (χ1) is 4.74. The first-order valence-electron chi connectivity index (χ1n) is 3.21. The van der Waals surface area contributed by atoms with Crippen LogP contribution in [0, 0.1) is 0 Å².